The molecule has 0 aliphatic carbocycles. The molecule has 0 spiro atoms. The van der Waals surface area contributed by atoms with E-state index in [0.29, 0.717) is 33.9 Å². The summed E-state index contributed by atoms with van der Waals surface area (Å²) in [4.78, 5) is 11.1. The van der Waals surface area contributed by atoms with Crippen molar-refractivity contribution in [2.45, 2.75) is 12.0 Å². The van der Waals surface area contributed by atoms with E-state index >= 15 is 0 Å². The number of phenolic OH excluding ortho intramolecular Hbond substituents is 1. The largest absolute Gasteiger partial charge is 0.508 e. The van der Waals surface area contributed by atoms with Gasteiger partial charge in [0.2, 0.25) is 0 Å². The van der Waals surface area contributed by atoms with Crippen molar-refractivity contribution in [1.29, 1.82) is 0 Å². The Morgan fingerprint density at radius 2 is 1.96 bits per heavy atom. The molecule has 0 saturated carbocycles. The van der Waals surface area contributed by atoms with Crippen LogP contribution in [0.5, 0.6) is 23.0 Å². The van der Waals surface area contributed by atoms with Gasteiger partial charge in [-0.15, -0.1) is 0 Å². The van der Waals surface area contributed by atoms with Crippen molar-refractivity contribution >= 4 is 6.29 Å². The molecular formula is C18H18O6. The fourth-order valence-corrected chi connectivity index (χ4v) is 3.02. The van der Waals surface area contributed by atoms with E-state index in [-0.39, 0.29) is 18.3 Å². The molecule has 2 aromatic carbocycles. The standard InChI is InChI=1S/C18H18O6/c1-22-13-6-11(5-12(21)7-13)17-15(9-20)14-3-10(8-19)4-16(23-2)18(14)24-17/h3-8,15,17,20-21H,9H2,1-2H3/t15-,17+/m0/s1. The van der Waals surface area contributed by atoms with Crippen LogP contribution in [0.25, 0.3) is 0 Å². The van der Waals surface area contributed by atoms with Gasteiger partial charge in [-0.3, -0.25) is 4.79 Å². The molecule has 126 valence electrons. The summed E-state index contributed by atoms with van der Waals surface area (Å²) in [6.07, 6.45) is 0.198. The van der Waals surface area contributed by atoms with Crippen molar-refractivity contribution in [3.63, 3.8) is 0 Å². The van der Waals surface area contributed by atoms with E-state index in [1.807, 2.05) is 0 Å². The topological polar surface area (TPSA) is 85.2 Å². The van der Waals surface area contributed by atoms with Gasteiger partial charge in [-0.25, -0.2) is 0 Å². The zero-order valence-corrected chi connectivity index (χ0v) is 13.4. The number of phenols is 1. The SMILES string of the molecule is COc1cc(O)cc([C@H]2Oc3c(OC)cc(C=O)cc3[C@@H]2CO)c1. The Morgan fingerprint density at radius 1 is 1.17 bits per heavy atom. The molecule has 6 heteroatoms. The first-order valence-electron chi connectivity index (χ1n) is 7.43. The van der Waals surface area contributed by atoms with Gasteiger partial charge in [0.05, 0.1) is 26.7 Å². The summed E-state index contributed by atoms with van der Waals surface area (Å²) in [6.45, 7) is -0.179. The number of ether oxygens (including phenoxy) is 3. The Bertz CT molecular complexity index is 770. The highest BCUT2D eigenvalue weighted by atomic mass is 16.5. The van der Waals surface area contributed by atoms with Gasteiger partial charge in [-0.2, -0.15) is 0 Å². The number of aromatic hydroxyl groups is 1. The number of aliphatic hydroxyl groups is 1. The van der Waals surface area contributed by atoms with Gasteiger partial charge >= 0.3 is 0 Å². The Morgan fingerprint density at radius 3 is 2.58 bits per heavy atom. The minimum absolute atomic E-state index is 0.0427. The second-order valence-corrected chi connectivity index (χ2v) is 5.55. The number of hydrogen-bond donors (Lipinski definition) is 2. The predicted molar refractivity (Wildman–Crippen MR) is 86.2 cm³/mol. The van der Waals surface area contributed by atoms with E-state index in [1.165, 1.54) is 20.3 Å². The van der Waals surface area contributed by atoms with Gasteiger partial charge in [0.15, 0.2) is 11.5 Å². The molecule has 0 fully saturated rings. The number of carbonyl (C=O) groups is 1. The van der Waals surface area contributed by atoms with Gasteiger partial charge in [-0.1, -0.05) is 0 Å². The number of benzene rings is 2. The monoisotopic (exact) mass is 330 g/mol. The molecule has 0 saturated heterocycles. The molecule has 2 aromatic rings. The molecule has 2 atom stereocenters. The number of aliphatic hydroxyl groups excluding tert-OH is 1. The summed E-state index contributed by atoms with van der Waals surface area (Å²) in [7, 11) is 3.00. The first-order valence-corrected chi connectivity index (χ1v) is 7.43. The van der Waals surface area contributed by atoms with E-state index in [2.05, 4.69) is 0 Å². The summed E-state index contributed by atoms with van der Waals surface area (Å²) in [6, 6.07) is 8.07. The molecule has 1 aliphatic heterocycles. The van der Waals surface area contributed by atoms with Crippen LogP contribution >= 0.6 is 0 Å². The van der Waals surface area contributed by atoms with Crippen LogP contribution in [0.2, 0.25) is 0 Å². The molecule has 0 bridgehead atoms. The fraction of sp³-hybridized carbons (Fsp3) is 0.278. The van der Waals surface area contributed by atoms with E-state index in [9.17, 15) is 15.0 Å². The van der Waals surface area contributed by atoms with Crippen LogP contribution in [0, 0.1) is 0 Å². The zero-order valence-electron chi connectivity index (χ0n) is 13.4. The first kappa shape index (κ1) is 16.1. The second kappa shape index (κ2) is 6.41. The minimum atomic E-state index is -0.526. The minimum Gasteiger partial charge on any atom is -0.508 e. The first-order chi connectivity index (χ1) is 11.6. The maximum atomic E-state index is 11.1. The van der Waals surface area contributed by atoms with Crippen LogP contribution in [0.4, 0.5) is 0 Å². The van der Waals surface area contributed by atoms with Gasteiger partial charge in [0.25, 0.3) is 0 Å². The van der Waals surface area contributed by atoms with Crippen molar-refractivity contribution in [2.24, 2.45) is 0 Å². The summed E-state index contributed by atoms with van der Waals surface area (Å²) < 4.78 is 16.5. The molecule has 0 unspecified atom stereocenters. The summed E-state index contributed by atoms with van der Waals surface area (Å²) in [5.74, 6) is 1.07. The number of fused-ring (bicyclic) bond motifs is 1. The molecule has 1 aliphatic rings. The maximum Gasteiger partial charge on any atom is 0.165 e. The number of hydrogen-bond acceptors (Lipinski definition) is 6. The third-order valence-electron chi connectivity index (χ3n) is 4.15. The number of methoxy groups -OCH3 is 2. The predicted octanol–water partition coefficient (Wildman–Crippen LogP) is 2.43. The van der Waals surface area contributed by atoms with Gasteiger partial charge in [-0.05, 0) is 24.3 Å². The molecule has 0 amide bonds. The van der Waals surface area contributed by atoms with Crippen molar-refractivity contribution < 1.29 is 29.2 Å². The molecule has 0 aromatic heterocycles. The lowest BCUT2D eigenvalue weighted by Crippen LogP contribution is -2.13. The third-order valence-corrected chi connectivity index (χ3v) is 4.15. The molecule has 6 nitrogen and oxygen atoms in total. The lowest BCUT2D eigenvalue weighted by molar-refractivity contribution is 0.112. The fourth-order valence-electron chi connectivity index (χ4n) is 3.02. The molecule has 24 heavy (non-hydrogen) atoms. The Hall–Kier alpha value is -2.73. The lowest BCUT2D eigenvalue weighted by Gasteiger charge is -2.18. The maximum absolute atomic E-state index is 11.1. The highest BCUT2D eigenvalue weighted by Gasteiger charge is 2.38. The Labute approximate surface area is 139 Å². The van der Waals surface area contributed by atoms with Gasteiger partial charge < -0.3 is 24.4 Å². The van der Waals surface area contributed by atoms with Crippen molar-refractivity contribution in [1.82, 2.24) is 0 Å². The highest BCUT2D eigenvalue weighted by Crippen LogP contribution is 2.51. The number of rotatable bonds is 5. The van der Waals surface area contributed by atoms with Gasteiger partial charge in [0.1, 0.15) is 23.9 Å². The van der Waals surface area contributed by atoms with E-state index < -0.39 is 6.10 Å². The van der Waals surface area contributed by atoms with E-state index in [4.69, 9.17) is 14.2 Å². The van der Waals surface area contributed by atoms with Crippen molar-refractivity contribution in [2.75, 3.05) is 20.8 Å². The van der Waals surface area contributed by atoms with Crippen LogP contribution < -0.4 is 14.2 Å². The van der Waals surface area contributed by atoms with Crippen LogP contribution in [0.3, 0.4) is 0 Å². The van der Waals surface area contributed by atoms with Gasteiger partial charge in [0, 0.05) is 22.8 Å². The Kier molecular flexibility index (Phi) is 4.31. The average molecular weight is 330 g/mol. The normalized spacial score (nSPS) is 18.6. The zero-order chi connectivity index (χ0) is 17.3. The summed E-state index contributed by atoms with van der Waals surface area (Å²) in [5.41, 5.74) is 1.81. The van der Waals surface area contributed by atoms with Crippen LogP contribution in [0.1, 0.15) is 33.5 Å². The molecular weight excluding hydrogens is 312 g/mol. The van der Waals surface area contributed by atoms with Crippen molar-refractivity contribution in [3.8, 4) is 23.0 Å². The lowest BCUT2D eigenvalue weighted by atomic mass is 9.90. The molecule has 1 heterocycles. The van der Waals surface area contributed by atoms with Crippen molar-refractivity contribution in [3.05, 3.63) is 47.0 Å². The average Bonchev–Trinajstić information content (AvgIpc) is 2.98. The summed E-state index contributed by atoms with van der Waals surface area (Å²) >= 11 is 0. The molecule has 0 radical (unpaired) electrons. The second-order valence-electron chi connectivity index (χ2n) is 5.55. The van der Waals surface area contributed by atoms with Crippen LogP contribution in [-0.4, -0.2) is 37.3 Å². The molecule has 3 rings (SSSR count). The smallest absolute Gasteiger partial charge is 0.165 e. The summed E-state index contributed by atoms with van der Waals surface area (Å²) in [5, 5.41) is 19.7. The number of carbonyl (C=O) groups excluding carboxylic acids is 1. The molecule has 2 N–H and O–H groups in total. The van der Waals surface area contributed by atoms with E-state index in [0.717, 1.165) is 6.29 Å². The van der Waals surface area contributed by atoms with Crippen LogP contribution in [0.15, 0.2) is 30.3 Å². The van der Waals surface area contributed by atoms with Crippen LogP contribution in [-0.2, 0) is 0 Å². The Balaban J connectivity index is 2.09. The number of aldehydes is 1. The quantitative estimate of drug-likeness (QED) is 0.819. The highest BCUT2D eigenvalue weighted by molar-refractivity contribution is 5.78. The van der Waals surface area contributed by atoms with E-state index in [1.54, 1.807) is 24.3 Å². The third kappa shape index (κ3) is 2.65.